The summed E-state index contributed by atoms with van der Waals surface area (Å²) in [4.78, 5) is 50.3. The minimum absolute atomic E-state index is 0.0675. The van der Waals surface area contributed by atoms with E-state index in [0.717, 1.165) is 10.4 Å². The van der Waals surface area contributed by atoms with Crippen LogP contribution in [0.2, 0.25) is 0 Å². The first-order valence-electron chi connectivity index (χ1n) is 13.6. The molecule has 1 N–H and O–H groups in total. The molecule has 216 valence electrons. The summed E-state index contributed by atoms with van der Waals surface area (Å²) in [6.45, 7) is 9.28. The van der Waals surface area contributed by atoms with Crippen LogP contribution in [-0.4, -0.2) is 79.3 Å². The molecule has 0 bridgehead atoms. The summed E-state index contributed by atoms with van der Waals surface area (Å²) in [5.74, 6) is -1.10. The Labute approximate surface area is 238 Å². The predicted octanol–water partition coefficient (Wildman–Crippen LogP) is 1.86. The molecule has 1 atom stereocenters. The molecule has 2 aromatic rings. The fraction of sp³-hybridized carbons (Fsp3) is 0.448. The molecule has 3 aliphatic rings. The summed E-state index contributed by atoms with van der Waals surface area (Å²) in [6, 6.07) is 11.1. The molecule has 0 radical (unpaired) electrons. The lowest BCUT2D eigenvalue weighted by molar-refractivity contribution is -0.136. The molecule has 5 rings (SSSR count). The Balaban J connectivity index is 1.03. The van der Waals surface area contributed by atoms with E-state index in [1.807, 2.05) is 52.0 Å². The fourth-order valence-corrected chi connectivity index (χ4v) is 4.78. The summed E-state index contributed by atoms with van der Waals surface area (Å²) in [5, 5.41) is 2.18. The number of hydrogen-bond acceptors (Lipinski definition) is 9. The van der Waals surface area contributed by atoms with Crippen molar-refractivity contribution in [3.8, 4) is 11.5 Å². The van der Waals surface area contributed by atoms with Gasteiger partial charge < -0.3 is 23.5 Å². The number of nitrogens with one attached hydrogen (secondary N) is 1. The molecular formula is C29H33BN2O9. The number of carbonyl (C=O) groups is 4. The van der Waals surface area contributed by atoms with Gasteiger partial charge in [-0.15, -0.1) is 0 Å². The number of nitrogens with zero attached hydrogens (tertiary/aromatic N) is 1. The molecular weight excluding hydrogens is 531 g/mol. The summed E-state index contributed by atoms with van der Waals surface area (Å²) in [5.41, 5.74) is 0.486. The van der Waals surface area contributed by atoms with Gasteiger partial charge in [0, 0.05) is 6.42 Å². The van der Waals surface area contributed by atoms with E-state index >= 15 is 0 Å². The number of carbonyl (C=O) groups excluding carboxylic acids is 4. The Bertz CT molecular complexity index is 1340. The van der Waals surface area contributed by atoms with E-state index in [0.29, 0.717) is 24.7 Å². The Morgan fingerprint density at radius 3 is 2.05 bits per heavy atom. The van der Waals surface area contributed by atoms with E-state index < -0.39 is 48.0 Å². The van der Waals surface area contributed by atoms with Gasteiger partial charge in [0.2, 0.25) is 11.8 Å². The molecule has 1 unspecified atom stereocenters. The van der Waals surface area contributed by atoms with Crippen molar-refractivity contribution in [2.45, 2.75) is 57.8 Å². The highest BCUT2D eigenvalue weighted by molar-refractivity contribution is 6.62. The standard InChI is InChI=1S/C29H33BN2O9/c1-28(2)29(3,4)41-30(40-28)18-5-7-19(8-6-18)38-15-13-37-14-16-39-20-9-10-21-22(17-20)27(36)32(26(21)35)23-11-12-24(33)31-25(23)34/h5-10,17,23H,11-16H2,1-4H3,(H,31,33,34). The van der Waals surface area contributed by atoms with Crippen molar-refractivity contribution >= 4 is 36.2 Å². The number of imide groups is 2. The van der Waals surface area contributed by atoms with Crippen LogP contribution in [0.15, 0.2) is 42.5 Å². The Kier molecular flexibility index (Phi) is 7.91. The van der Waals surface area contributed by atoms with Gasteiger partial charge in [0.1, 0.15) is 30.8 Å². The van der Waals surface area contributed by atoms with Crippen molar-refractivity contribution in [1.29, 1.82) is 0 Å². The maximum atomic E-state index is 12.9. The van der Waals surface area contributed by atoms with Gasteiger partial charge in [-0.25, -0.2) is 0 Å². The smallest absolute Gasteiger partial charge is 0.491 e. The lowest BCUT2D eigenvalue weighted by Gasteiger charge is -2.32. The van der Waals surface area contributed by atoms with Gasteiger partial charge in [-0.2, -0.15) is 0 Å². The maximum absolute atomic E-state index is 12.9. The molecule has 0 saturated carbocycles. The van der Waals surface area contributed by atoms with Crippen LogP contribution in [0.25, 0.3) is 0 Å². The number of fused-ring (bicyclic) bond motifs is 1. The third-order valence-corrected chi connectivity index (χ3v) is 7.81. The van der Waals surface area contributed by atoms with Crippen LogP contribution in [-0.2, 0) is 23.6 Å². The molecule has 2 saturated heterocycles. The van der Waals surface area contributed by atoms with E-state index in [1.165, 1.54) is 12.1 Å². The van der Waals surface area contributed by atoms with Crippen molar-refractivity contribution in [1.82, 2.24) is 10.2 Å². The number of hydrogen-bond donors (Lipinski definition) is 1. The quantitative estimate of drug-likeness (QED) is 0.261. The number of piperidine rings is 1. The minimum atomic E-state index is -1.01. The highest BCUT2D eigenvalue weighted by Gasteiger charge is 2.51. The predicted molar refractivity (Wildman–Crippen MR) is 147 cm³/mol. The summed E-state index contributed by atoms with van der Waals surface area (Å²) in [7, 11) is -0.425. The van der Waals surface area contributed by atoms with Crippen LogP contribution in [0.5, 0.6) is 11.5 Å². The first-order valence-corrected chi connectivity index (χ1v) is 13.6. The number of rotatable bonds is 10. The minimum Gasteiger partial charge on any atom is -0.491 e. The monoisotopic (exact) mass is 564 g/mol. The van der Waals surface area contributed by atoms with Gasteiger partial charge in [-0.1, -0.05) is 12.1 Å². The lowest BCUT2D eigenvalue weighted by Crippen LogP contribution is -2.54. The highest BCUT2D eigenvalue weighted by Crippen LogP contribution is 2.36. The van der Waals surface area contributed by atoms with E-state index in [-0.39, 0.29) is 37.2 Å². The molecule has 0 aromatic heterocycles. The van der Waals surface area contributed by atoms with E-state index in [9.17, 15) is 19.2 Å². The fourth-order valence-electron chi connectivity index (χ4n) is 4.78. The van der Waals surface area contributed by atoms with Gasteiger partial charge >= 0.3 is 7.12 Å². The Hall–Kier alpha value is -3.74. The van der Waals surface area contributed by atoms with Crippen molar-refractivity contribution < 1.29 is 42.7 Å². The summed E-state index contributed by atoms with van der Waals surface area (Å²) >= 11 is 0. The first kappa shape index (κ1) is 28.8. The van der Waals surface area contributed by atoms with Crippen molar-refractivity contribution in [3.05, 3.63) is 53.6 Å². The maximum Gasteiger partial charge on any atom is 0.494 e. The molecule has 0 spiro atoms. The van der Waals surface area contributed by atoms with E-state index in [2.05, 4.69) is 5.32 Å². The average Bonchev–Trinajstić information content (AvgIpc) is 3.30. The molecule has 3 aliphatic heterocycles. The van der Waals surface area contributed by atoms with Gasteiger partial charge in [-0.3, -0.25) is 29.4 Å². The Morgan fingerprint density at radius 1 is 0.829 bits per heavy atom. The molecule has 11 nitrogen and oxygen atoms in total. The lowest BCUT2D eigenvalue weighted by atomic mass is 9.79. The normalized spacial score (nSPS) is 21.2. The number of benzene rings is 2. The Morgan fingerprint density at radius 2 is 1.41 bits per heavy atom. The first-order chi connectivity index (χ1) is 19.5. The second-order valence-electron chi connectivity index (χ2n) is 11.1. The van der Waals surface area contributed by atoms with Gasteiger partial charge in [0.25, 0.3) is 11.8 Å². The summed E-state index contributed by atoms with van der Waals surface area (Å²) in [6.07, 6.45) is 0.172. The zero-order valence-corrected chi connectivity index (χ0v) is 23.6. The van der Waals surface area contributed by atoms with Crippen LogP contribution in [0, 0.1) is 0 Å². The van der Waals surface area contributed by atoms with Crippen LogP contribution in [0.4, 0.5) is 0 Å². The molecule has 4 amide bonds. The number of ether oxygens (including phenoxy) is 3. The third-order valence-electron chi connectivity index (χ3n) is 7.81. The third kappa shape index (κ3) is 5.86. The molecule has 41 heavy (non-hydrogen) atoms. The van der Waals surface area contributed by atoms with E-state index in [4.69, 9.17) is 23.5 Å². The highest BCUT2D eigenvalue weighted by atomic mass is 16.7. The van der Waals surface area contributed by atoms with Crippen molar-refractivity contribution in [2.24, 2.45) is 0 Å². The number of amides is 4. The largest absolute Gasteiger partial charge is 0.494 e. The van der Waals surface area contributed by atoms with Crippen LogP contribution in [0.3, 0.4) is 0 Å². The molecule has 12 heteroatoms. The second kappa shape index (κ2) is 11.3. The average molecular weight is 564 g/mol. The van der Waals surface area contributed by atoms with Crippen LogP contribution in [0.1, 0.15) is 61.3 Å². The molecule has 2 aromatic carbocycles. The SMILES string of the molecule is CC1(C)OB(c2ccc(OCCOCCOc3ccc4c(c3)C(=O)N(C3CCC(=O)NC3=O)C4=O)cc2)OC1(C)C. The second-order valence-corrected chi connectivity index (χ2v) is 11.1. The van der Waals surface area contributed by atoms with Gasteiger partial charge in [-0.05, 0) is 69.9 Å². The van der Waals surface area contributed by atoms with Crippen LogP contribution >= 0.6 is 0 Å². The molecule has 3 heterocycles. The van der Waals surface area contributed by atoms with Gasteiger partial charge in [0.05, 0.1) is 35.5 Å². The summed E-state index contributed by atoms with van der Waals surface area (Å²) < 4.78 is 29.2. The van der Waals surface area contributed by atoms with Crippen molar-refractivity contribution in [3.63, 3.8) is 0 Å². The molecule has 2 fully saturated rings. The molecule has 0 aliphatic carbocycles. The van der Waals surface area contributed by atoms with Crippen LogP contribution < -0.4 is 20.3 Å². The topological polar surface area (TPSA) is 130 Å². The van der Waals surface area contributed by atoms with Crippen molar-refractivity contribution in [2.75, 3.05) is 26.4 Å². The van der Waals surface area contributed by atoms with E-state index in [1.54, 1.807) is 6.07 Å². The zero-order valence-electron chi connectivity index (χ0n) is 23.6. The van der Waals surface area contributed by atoms with Gasteiger partial charge in [0.15, 0.2) is 0 Å². The zero-order chi connectivity index (χ0) is 29.4.